The molecule has 28 heavy (non-hydrogen) atoms. The normalized spacial score (nSPS) is 24.4. The maximum Gasteiger partial charge on any atom is 0.119 e. The fourth-order valence-corrected chi connectivity index (χ4v) is 5.72. The van der Waals surface area contributed by atoms with Crippen LogP contribution in [-0.4, -0.2) is 40.6 Å². The highest BCUT2D eigenvalue weighted by molar-refractivity contribution is 14.2. The Morgan fingerprint density at radius 2 is 1.96 bits per heavy atom. The van der Waals surface area contributed by atoms with Gasteiger partial charge in [-0.1, -0.05) is 54.3 Å². The van der Waals surface area contributed by atoms with E-state index in [-0.39, 0.29) is 10.9 Å². The van der Waals surface area contributed by atoms with Gasteiger partial charge in [0.2, 0.25) is 0 Å². The number of alkyl halides is 1. The van der Waals surface area contributed by atoms with Crippen LogP contribution in [0.15, 0.2) is 12.2 Å². The minimum atomic E-state index is -0.354. The van der Waals surface area contributed by atoms with Gasteiger partial charge in [-0.2, -0.15) is 0 Å². The molecule has 1 saturated carbocycles. The first-order valence-electron chi connectivity index (χ1n) is 10.5. The molecule has 1 aliphatic rings. The number of unbranched alkanes of at least 4 members (excludes halogenated alkanes) is 5. The molecule has 166 valence electrons. The van der Waals surface area contributed by atoms with E-state index in [1.54, 1.807) is 0 Å². The van der Waals surface area contributed by atoms with Crippen LogP contribution in [0.4, 0.5) is 0 Å². The zero-order valence-corrected chi connectivity index (χ0v) is 22.1. The van der Waals surface area contributed by atoms with Gasteiger partial charge in [-0.15, -0.1) is 0 Å². The molecule has 1 rings (SSSR count). The van der Waals surface area contributed by atoms with Gasteiger partial charge >= 0.3 is 0 Å². The zero-order chi connectivity index (χ0) is 21.2. The van der Waals surface area contributed by atoms with Gasteiger partial charge in [0.05, 0.1) is 18.7 Å². The van der Waals surface area contributed by atoms with Crippen molar-refractivity contribution in [3.63, 3.8) is 0 Å². The third-order valence-electron chi connectivity index (χ3n) is 5.34. The molecule has 4 nitrogen and oxygen atoms in total. The topological polar surface area (TPSA) is 66.8 Å². The van der Waals surface area contributed by atoms with Crippen LogP contribution in [0.1, 0.15) is 77.6 Å². The highest BCUT2D eigenvalue weighted by Crippen LogP contribution is 2.42. The molecule has 1 fully saturated rings. The summed E-state index contributed by atoms with van der Waals surface area (Å²) in [4.78, 5) is 10.5. The standard InChI is InChI=1S/C20H35BrIO3P.CH4O/c1-2-3-4-5-6-7-10-17-16(12-13-20(17)25-26-22)15-19(24)18(21)11-8-9-14-23;1-2/h7,10,14,16-20,24,26H,2-6,8-9,11-13,15H2,1H3;2H,1H3/b10-7+;/t16-,17?,18?,19?,20-;/m1./s1. The van der Waals surface area contributed by atoms with Crippen LogP contribution in [0, 0.1) is 11.8 Å². The van der Waals surface area contributed by atoms with Crippen LogP contribution >= 0.6 is 44.4 Å². The molecule has 0 bridgehead atoms. The number of carbonyl (C=O) groups is 1. The van der Waals surface area contributed by atoms with Crippen molar-refractivity contribution in [3.05, 3.63) is 12.2 Å². The van der Waals surface area contributed by atoms with Crippen molar-refractivity contribution in [2.24, 2.45) is 11.8 Å². The molecule has 1 aliphatic carbocycles. The number of rotatable bonds is 15. The summed E-state index contributed by atoms with van der Waals surface area (Å²) in [6, 6.07) is 0. The summed E-state index contributed by atoms with van der Waals surface area (Å²) in [5.74, 6) is 0.911. The van der Waals surface area contributed by atoms with Crippen LogP contribution in [-0.2, 0) is 9.32 Å². The number of aliphatic hydroxyl groups is 2. The van der Waals surface area contributed by atoms with Crippen LogP contribution in [0.2, 0.25) is 0 Å². The Labute approximate surface area is 195 Å². The molecule has 0 aromatic heterocycles. The van der Waals surface area contributed by atoms with Crippen molar-refractivity contribution in [1.29, 1.82) is 0 Å². The number of carbonyl (C=O) groups excluding carboxylic acids is 1. The van der Waals surface area contributed by atoms with E-state index >= 15 is 0 Å². The molecule has 0 aliphatic heterocycles. The van der Waals surface area contributed by atoms with Crippen LogP contribution < -0.4 is 0 Å². The van der Waals surface area contributed by atoms with E-state index in [2.05, 4.69) is 57.0 Å². The first-order valence-corrected chi connectivity index (χ1v) is 15.5. The lowest BCUT2D eigenvalue weighted by atomic mass is 9.88. The minimum Gasteiger partial charge on any atom is -0.400 e. The highest BCUT2D eigenvalue weighted by atomic mass is 127. The van der Waals surface area contributed by atoms with Gasteiger partial charge in [0.25, 0.3) is 0 Å². The first kappa shape index (κ1) is 28.9. The number of aliphatic hydroxyl groups excluding tert-OH is 2. The summed E-state index contributed by atoms with van der Waals surface area (Å²) < 4.78 is 5.99. The number of allylic oxidation sites excluding steroid dienone is 1. The van der Waals surface area contributed by atoms with Crippen LogP contribution in [0.25, 0.3) is 0 Å². The molecule has 2 N–H and O–H groups in total. The predicted octanol–water partition coefficient (Wildman–Crippen LogP) is 6.36. The van der Waals surface area contributed by atoms with E-state index in [1.165, 1.54) is 25.7 Å². The fourth-order valence-electron chi connectivity index (χ4n) is 3.81. The van der Waals surface area contributed by atoms with Crippen LogP contribution in [0.5, 0.6) is 0 Å². The van der Waals surface area contributed by atoms with E-state index in [0.717, 1.165) is 51.9 Å². The van der Waals surface area contributed by atoms with Gasteiger partial charge in [0, 0.05) is 24.3 Å². The average molecular weight is 593 g/mol. The largest absolute Gasteiger partial charge is 0.400 e. The molecule has 0 heterocycles. The van der Waals surface area contributed by atoms with Gasteiger partial charge < -0.3 is 19.5 Å². The SMILES string of the molecule is CCCCCC/C=C/C1[C@@H](CC(O)C(Br)CCCC=O)CC[C@H]1OPI.CO. The Morgan fingerprint density at radius 1 is 1.21 bits per heavy atom. The van der Waals surface area contributed by atoms with E-state index in [1.807, 2.05) is 0 Å². The number of halogens is 2. The molecule has 7 heteroatoms. The van der Waals surface area contributed by atoms with Crippen molar-refractivity contribution in [1.82, 2.24) is 0 Å². The molecular formula is C21H39BrIO4P. The molecule has 0 saturated heterocycles. The molecule has 0 spiro atoms. The molecule has 0 aromatic carbocycles. The average Bonchev–Trinajstić information content (AvgIpc) is 3.08. The molecular weight excluding hydrogens is 554 g/mol. The fraction of sp³-hybridized carbons (Fsp3) is 0.857. The number of aldehydes is 1. The summed E-state index contributed by atoms with van der Waals surface area (Å²) in [6.07, 6.45) is 17.2. The molecule has 6 atom stereocenters. The minimum absolute atomic E-state index is 0.0764. The first-order chi connectivity index (χ1) is 13.6. The Hall–Kier alpha value is 0.930. The van der Waals surface area contributed by atoms with E-state index in [4.69, 9.17) is 9.63 Å². The van der Waals surface area contributed by atoms with Gasteiger partial charge in [0.1, 0.15) is 6.29 Å². The Bertz CT molecular complexity index is 401. The van der Waals surface area contributed by atoms with Crippen molar-refractivity contribution in [2.75, 3.05) is 7.11 Å². The van der Waals surface area contributed by atoms with E-state index in [9.17, 15) is 9.90 Å². The lowest BCUT2D eigenvalue weighted by Crippen LogP contribution is -2.27. The van der Waals surface area contributed by atoms with Gasteiger partial charge in [-0.25, -0.2) is 0 Å². The van der Waals surface area contributed by atoms with E-state index < -0.39 is 0 Å². The predicted molar refractivity (Wildman–Crippen MR) is 133 cm³/mol. The number of hydrogen-bond donors (Lipinski definition) is 2. The third kappa shape index (κ3) is 12.6. The van der Waals surface area contributed by atoms with Gasteiger partial charge in [-0.05, 0) is 72.9 Å². The van der Waals surface area contributed by atoms with Crippen molar-refractivity contribution >= 4 is 50.7 Å². The molecule has 4 unspecified atom stereocenters. The van der Waals surface area contributed by atoms with Gasteiger partial charge in [-0.3, -0.25) is 0 Å². The smallest absolute Gasteiger partial charge is 0.119 e. The quantitative estimate of drug-likeness (QED) is 0.0580. The van der Waals surface area contributed by atoms with E-state index in [0.29, 0.717) is 30.8 Å². The third-order valence-corrected chi connectivity index (χ3v) is 7.56. The second kappa shape index (κ2) is 19.9. The van der Waals surface area contributed by atoms with Gasteiger partial charge in [0.15, 0.2) is 0 Å². The summed E-state index contributed by atoms with van der Waals surface area (Å²) in [7, 11) is 1.00. The second-order valence-electron chi connectivity index (χ2n) is 7.34. The molecule has 0 aromatic rings. The molecule has 0 radical (unpaired) electrons. The maximum atomic E-state index is 10.6. The molecule has 0 amide bonds. The maximum absolute atomic E-state index is 10.6. The zero-order valence-electron chi connectivity index (χ0n) is 17.4. The second-order valence-corrected chi connectivity index (χ2v) is 10.2. The van der Waals surface area contributed by atoms with Crippen molar-refractivity contribution in [2.45, 2.75) is 94.6 Å². The lowest BCUT2D eigenvalue weighted by molar-refractivity contribution is -0.107. The summed E-state index contributed by atoms with van der Waals surface area (Å²) in [6.45, 7) is 2.74. The monoisotopic (exact) mass is 592 g/mol. The number of hydrogen-bond acceptors (Lipinski definition) is 4. The van der Waals surface area contributed by atoms with Crippen LogP contribution in [0.3, 0.4) is 0 Å². The van der Waals surface area contributed by atoms with Crippen molar-refractivity contribution < 1.29 is 19.5 Å². The summed E-state index contributed by atoms with van der Waals surface area (Å²) in [5, 5.41) is 17.6. The Morgan fingerprint density at radius 3 is 2.61 bits per heavy atom. The summed E-state index contributed by atoms with van der Waals surface area (Å²) >= 11 is 5.92. The lowest BCUT2D eigenvalue weighted by Gasteiger charge is -2.25. The highest BCUT2D eigenvalue weighted by Gasteiger charge is 2.36. The summed E-state index contributed by atoms with van der Waals surface area (Å²) in [5.41, 5.74) is 0. The Kier molecular flexibility index (Phi) is 20.5. The Balaban J connectivity index is 0.00000352. The van der Waals surface area contributed by atoms with Crippen molar-refractivity contribution in [3.8, 4) is 0 Å².